The maximum Gasteiger partial charge on any atom is 0.154 e. The van der Waals surface area contributed by atoms with E-state index < -0.39 is 5.60 Å². The molecular formula is C12H19NO. The van der Waals surface area contributed by atoms with Crippen LogP contribution in [0.5, 0.6) is 0 Å². The number of rotatable bonds is 0. The second-order valence-corrected chi connectivity index (χ2v) is 5.05. The van der Waals surface area contributed by atoms with Crippen LogP contribution in [0.2, 0.25) is 0 Å². The summed E-state index contributed by atoms with van der Waals surface area (Å²) in [6, 6.07) is 2.39. The Kier molecular flexibility index (Phi) is 2.53. The second kappa shape index (κ2) is 3.55. The predicted molar refractivity (Wildman–Crippen MR) is 54.6 cm³/mol. The number of fused-ring (bicyclic) bond motifs is 1. The highest BCUT2D eigenvalue weighted by atomic mass is 16.5. The van der Waals surface area contributed by atoms with Crippen LogP contribution in [-0.2, 0) is 4.74 Å². The van der Waals surface area contributed by atoms with E-state index in [1.54, 1.807) is 0 Å². The Morgan fingerprint density at radius 2 is 2.14 bits per heavy atom. The monoisotopic (exact) mass is 193 g/mol. The van der Waals surface area contributed by atoms with Gasteiger partial charge in [-0.3, -0.25) is 0 Å². The van der Waals surface area contributed by atoms with E-state index in [9.17, 15) is 5.26 Å². The van der Waals surface area contributed by atoms with Gasteiger partial charge < -0.3 is 4.74 Å². The highest BCUT2D eigenvalue weighted by molar-refractivity contribution is 5.08. The summed E-state index contributed by atoms with van der Waals surface area (Å²) in [7, 11) is 0. The molecule has 0 radical (unpaired) electrons. The van der Waals surface area contributed by atoms with Crippen molar-refractivity contribution in [2.45, 2.75) is 45.1 Å². The minimum Gasteiger partial charge on any atom is -0.360 e. The van der Waals surface area contributed by atoms with Crippen molar-refractivity contribution in [3.05, 3.63) is 0 Å². The zero-order valence-electron chi connectivity index (χ0n) is 9.12. The van der Waals surface area contributed by atoms with Crippen molar-refractivity contribution >= 4 is 0 Å². The SMILES string of the molecule is C[C@H]1CCC[C@H]2CCO[C@](C)(C#N)[C@H]21. The first kappa shape index (κ1) is 9.98. The van der Waals surface area contributed by atoms with Gasteiger partial charge >= 0.3 is 0 Å². The molecule has 1 aliphatic carbocycles. The van der Waals surface area contributed by atoms with Crippen molar-refractivity contribution in [3.8, 4) is 6.07 Å². The van der Waals surface area contributed by atoms with Gasteiger partial charge in [0.1, 0.15) is 0 Å². The average molecular weight is 193 g/mol. The van der Waals surface area contributed by atoms with Gasteiger partial charge in [0.05, 0.1) is 6.07 Å². The number of hydrogen-bond donors (Lipinski definition) is 0. The Bertz CT molecular complexity index is 256. The lowest BCUT2D eigenvalue weighted by Gasteiger charge is -2.47. The summed E-state index contributed by atoms with van der Waals surface area (Å²) < 4.78 is 5.69. The standard InChI is InChI=1S/C12H19NO/c1-9-4-3-5-10-6-7-14-12(2,8-13)11(9)10/h9-11H,3-7H2,1-2H3/t9-,10-,11-,12+/m0/s1. The Balaban J connectivity index is 2.24. The molecule has 1 aliphatic heterocycles. The van der Waals surface area contributed by atoms with Crippen molar-refractivity contribution in [1.29, 1.82) is 5.26 Å². The largest absolute Gasteiger partial charge is 0.360 e. The number of nitriles is 1. The highest BCUT2D eigenvalue weighted by Crippen LogP contribution is 2.46. The average Bonchev–Trinajstić information content (AvgIpc) is 2.18. The van der Waals surface area contributed by atoms with Crippen molar-refractivity contribution in [3.63, 3.8) is 0 Å². The van der Waals surface area contributed by atoms with E-state index in [0.717, 1.165) is 18.9 Å². The lowest BCUT2D eigenvalue weighted by molar-refractivity contribution is -0.124. The van der Waals surface area contributed by atoms with Gasteiger partial charge in [-0.15, -0.1) is 0 Å². The van der Waals surface area contributed by atoms with Gasteiger partial charge in [0.15, 0.2) is 5.60 Å². The van der Waals surface area contributed by atoms with Gasteiger partial charge in [0.2, 0.25) is 0 Å². The number of ether oxygens (including phenoxy) is 1. The molecule has 1 saturated carbocycles. The lowest BCUT2D eigenvalue weighted by Crippen LogP contribution is -2.49. The van der Waals surface area contributed by atoms with Gasteiger partial charge in [-0.1, -0.05) is 19.8 Å². The van der Waals surface area contributed by atoms with E-state index in [2.05, 4.69) is 13.0 Å². The highest BCUT2D eigenvalue weighted by Gasteiger charge is 2.47. The minimum atomic E-state index is -0.511. The van der Waals surface area contributed by atoms with Crippen LogP contribution in [0.15, 0.2) is 0 Å². The molecule has 0 bridgehead atoms. The minimum absolute atomic E-state index is 0.468. The molecule has 2 rings (SSSR count). The van der Waals surface area contributed by atoms with Gasteiger partial charge in [-0.05, 0) is 31.6 Å². The molecule has 1 saturated heterocycles. The van der Waals surface area contributed by atoms with Crippen molar-refractivity contribution < 1.29 is 4.74 Å². The summed E-state index contributed by atoms with van der Waals surface area (Å²) in [6.07, 6.45) is 5.06. The van der Waals surface area contributed by atoms with Crippen LogP contribution in [0, 0.1) is 29.1 Å². The first-order valence-corrected chi connectivity index (χ1v) is 5.72. The van der Waals surface area contributed by atoms with Crippen LogP contribution >= 0.6 is 0 Å². The third kappa shape index (κ3) is 1.44. The zero-order chi connectivity index (χ0) is 10.2. The van der Waals surface area contributed by atoms with Crippen LogP contribution in [0.3, 0.4) is 0 Å². The normalized spacial score (nSPS) is 47.9. The molecule has 0 amide bonds. The van der Waals surface area contributed by atoms with E-state index in [1.807, 2.05) is 6.92 Å². The zero-order valence-corrected chi connectivity index (χ0v) is 9.12. The second-order valence-electron chi connectivity index (χ2n) is 5.05. The number of nitrogens with zero attached hydrogens (tertiary/aromatic N) is 1. The van der Waals surface area contributed by atoms with E-state index in [0.29, 0.717) is 11.8 Å². The Morgan fingerprint density at radius 1 is 1.36 bits per heavy atom. The van der Waals surface area contributed by atoms with E-state index >= 15 is 0 Å². The molecule has 0 aromatic carbocycles. The smallest absolute Gasteiger partial charge is 0.154 e. The molecule has 0 N–H and O–H groups in total. The summed E-state index contributed by atoms with van der Waals surface area (Å²) in [5.41, 5.74) is -0.511. The molecule has 0 spiro atoms. The molecule has 2 nitrogen and oxygen atoms in total. The summed E-state index contributed by atoms with van der Waals surface area (Å²) in [4.78, 5) is 0. The maximum atomic E-state index is 9.23. The van der Waals surface area contributed by atoms with Gasteiger partial charge in [-0.25, -0.2) is 0 Å². The molecule has 2 aliphatic rings. The third-order valence-electron chi connectivity index (χ3n) is 4.10. The summed E-state index contributed by atoms with van der Waals surface area (Å²) in [6.45, 7) is 5.03. The molecule has 0 unspecified atom stereocenters. The predicted octanol–water partition coefficient (Wildman–Crippen LogP) is 2.74. The lowest BCUT2D eigenvalue weighted by atomic mass is 9.63. The molecule has 78 valence electrons. The summed E-state index contributed by atoms with van der Waals surface area (Å²) in [5.74, 6) is 1.85. The van der Waals surface area contributed by atoms with Crippen molar-refractivity contribution in [2.75, 3.05) is 6.61 Å². The maximum absolute atomic E-state index is 9.23. The summed E-state index contributed by atoms with van der Waals surface area (Å²) >= 11 is 0. The van der Waals surface area contributed by atoms with Crippen molar-refractivity contribution in [1.82, 2.24) is 0 Å². The van der Waals surface area contributed by atoms with Crippen LogP contribution in [0.25, 0.3) is 0 Å². The van der Waals surface area contributed by atoms with Crippen LogP contribution in [-0.4, -0.2) is 12.2 Å². The van der Waals surface area contributed by atoms with Gasteiger partial charge in [-0.2, -0.15) is 5.26 Å². The van der Waals surface area contributed by atoms with Crippen LogP contribution in [0.1, 0.15) is 39.5 Å². The van der Waals surface area contributed by atoms with Crippen LogP contribution in [0.4, 0.5) is 0 Å². The molecule has 2 fully saturated rings. The molecule has 14 heavy (non-hydrogen) atoms. The fraction of sp³-hybridized carbons (Fsp3) is 0.917. The summed E-state index contributed by atoms with van der Waals surface area (Å²) in [5, 5.41) is 9.23. The Morgan fingerprint density at radius 3 is 2.86 bits per heavy atom. The molecular weight excluding hydrogens is 174 g/mol. The molecule has 1 heterocycles. The fourth-order valence-corrected chi connectivity index (χ4v) is 3.47. The fourth-order valence-electron chi connectivity index (χ4n) is 3.47. The Hall–Kier alpha value is -0.550. The van der Waals surface area contributed by atoms with E-state index in [4.69, 9.17) is 4.74 Å². The Labute approximate surface area is 86.2 Å². The van der Waals surface area contributed by atoms with Gasteiger partial charge in [0, 0.05) is 12.5 Å². The third-order valence-corrected chi connectivity index (χ3v) is 4.10. The van der Waals surface area contributed by atoms with Crippen LogP contribution < -0.4 is 0 Å². The van der Waals surface area contributed by atoms with E-state index in [1.165, 1.54) is 19.3 Å². The van der Waals surface area contributed by atoms with Crippen molar-refractivity contribution in [2.24, 2.45) is 17.8 Å². The topological polar surface area (TPSA) is 33.0 Å². The quantitative estimate of drug-likeness (QED) is 0.592. The van der Waals surface area contributed by atoms with Gasteiger partial charge in [0.25, 0.3) is 0 Å². The first-order valence-electron chi connectivity index (χ1n) is 5.72. The first-order chi connectivity index (χ1) is 6.67. The molecule has 0 aromatic rings. The van der Waals surface area contributed by atoms with E-state index in [-0.39, 0.29) is 0 Å². The molecule has 0 aromatic heterocycles. The molecule has 4 atom stereocenters. The number of hydrogen-bond acceptors (Lipinski definition) is 2. The molecule has 2 heteroatoms.